The molecule has 11 rings (SSSR count). The SMILES string of the molecule is c1ccc(-c2c(-c3ccc(N(c4ccc(-c5cccc6ccccc56)cc4)c4cccc5ccccc45)cc3)cccc2-n2c3ccccc3c3ccccc32)cc1. The number of fused-ring (bicyclic) bond motifs is 5. The van der Waals surface area contributed by atoms with E-state index in [1.165, 1.54) is 71.2 Å². The molecule has 0 bridgehead atoms. The highest BCUT2D eigenvalue weighted by Crippen LogP contribution is 2.44. The minimum atomic E-state index is 1.10. The second-order valence-corrected chi connectivity index (χ2v) is 14.9. The smallest absolute Gasteiger partial charge is 0.0546 e. The third kappa shape index (κ3) is 5.66. The Labute approximate surface area is 338 Å². The summed E-state index contributed by atoms with van der Waals surface area (Å²) in [7, 11) is 0. The molecule has 0 radical (unpaired) electrons. The van der Waals surface area contributed by atoms with Crippen molar-refractivity contribution < 1.29 is 0 Å². The second-order valence-electron chi connectivity index (χ2n) is 14.9. The number of hydrogen-bond acceptors (Lipinski definition) is 1. The Hall–Kier alpha value is -7.68. The molecule has 11 aromatic rings. The summed E-state index contributed by atoms with van der Waals surface area (Å²) in [5, 5.41) is 7.44. The van der Waals surface area contributed by atoms with Gasteiger partial charge in [-0.15, -0.1) is 0 Å². The van der Waals surface area contributed by atoms with Gasteiger partial charge in [-0.05, 0) is 92.5 Å². The third-order valence-electron chi connectivity index (χ3n) is 11.6. The summed E-state index contributed by atoms with van der Waals surface area (Å²) in [6.07, 6.45) is 0. The van der Waals surface area contributed by atoms with E-state index in [4.69, 9.17) is 0 Å². The standard InChI is InChI=1S/C56H38N2/c1-2-17-43(18-3-1)56-49(26-14-30-55(56)58-53-27-10-8-23-50(53)51-24-9-11-28-54(51)58)42-33-37-45(38-34-42)57(52-29-13-20-40-16-5-7-22-48(40)52)44-35-31-41(32-36-44)47-25-12-19-39-15-4-6-21-46(39)47/h1-38H. The Balaban J connectivity index is 1.06. The first kappa shape index (κ1) is 33.6. The van der Waals surface area contributed by atoms with Crippen molar-refractivity contribution in [3.05, 3.63) is 231 Å². The fourth-order valence-electron chi connectivity index (χ4n) is 8.95. The normalized spacial score (nSPS) is 11.4. The average molecular weight is 739 g/mol. The van der Waals surface area contributed by atoms with Crippen molar-refractivity contribution in [3.8, 4) is 39.1 Å². The molecule has 2 nitrogen and oxygen atoms in total. The lowest BCUT2D eigenvalue weighted by Gasteiger charge is -2.27. The van der Waals surface area contributed by atoms with E-state index in [9.17, 15) is 0 Å². The van der Waals surface area contributed by atoms with E-state index in [0.29, 0.717) is 0 Å². The summed E-state index contributed by atoms with van der Waals surface area (Å²) in [4.78, 5) is 2.39. The van der Waals surface area contributed by atoms with Crippen molar-refractivity contribution in [2.24, 2.45) is 0 Å². The lowest BCUT2D eigenvalue weighted by Crippen LogP contribution is -2.10. The second kappa shape index (κ2) is 14.1. The van der Waals surface area contributed by atoms with E-state index in [-0.39, 0.29) is 0 Å². The van der Waals surface area contributed by atoms with Crippen molar-refractivity contribution in [2.75, 3.05) is 4.90 Å². The summed E-state index contributed by atoms with van der Waals surface area (Å²) < 4.78 is 2.44. The molecule has 0 aliphatic rings. The molecule has 0 aliphatic carbocycles. The van der Waals surface area contributed by atoms with Gasteiger partial charge in [-0.25, -0.2) is 0 Å². The Morgan fingerprint density at radius 1 is 0.293 bits per heavy atom. The molecule has 0 aliphatic heterocycles. The molecule has 1 heterocycles. The van der Waals surface area contributed by atoms with Crippen molar-refractivity contribution in [3.63, 3.8) is 0 Å². The molecule has 1 aromatic heterocycles. The first-order valence-electron chi connectivity index (χ1n) is 19.9. The molecule has 272 valence electrons. The van der Waals surface area contributed by atoms with E-state index in [0.717, 1.165) is 28.3 Å². The van der Waals surface area contributed by atoms with Crippen molar-refractivity contribution >= 4 is 60.4 Å². The van der Waals surface area contributed by atoms with Crippen LogP contribution in [-0.4, -0.2) is 4.57 Å². The predicted octanol–water partition coefficient (Wildman–Crippen LogP) is 15.6. The molecule has 2 heteroatoms. The van der Waals surface area contributed by atoms with Crippen LogP contribution in [0.5, 0.6) is 0 Å². The highest BCUT2D eigenvalue weighted by Gasteiger charge is 2.20. The molecule has 0 unspecified atom stereocenters. The first-order valence-corrected chi connectivity index (χ1v) is 19.9. The molecule has 0 fully saturated rings. The van der Waals surface area contributed by atoms with E-state index in [2.05, 4.69) is 240 Å². The highest BCUT2D eigenvalue weighted by molar-refractivity contribution is 6.10. The Bertz CT molecular complexity index is 3200. The number of rotatable bonds is 7. The molecular formula is C56H38N2. The van der Waals surface area contributed by atoms with Gasteiger partial charge in [0.05, 0.1) is 22.4 Å². The molecular weight excluding hydrogens is 701 g/mol. The number of nitrogens with zero attached hydrogens (tertiary/aromatic N) is 2. The summed E-state index contributed by atoms with van der Waals surface area (Å²) in [6, 6.07) is 83.7. The topological polar surface area (TPSA) is 8.17 Å². The Morgan fingerprint density at radius 2 is 0.759 bits per heavy atom. The van der Waals surface area contributed by atoms with Gasteiger partial charge in [0.25, 0.3) is 0 Å². The monoisotopic (exact) mass is 738 g/mol. The third-order valence-corrected chi connectivity index (χ3v) is 11.6. The minimum Gasteiger partial charge on any atom is -0.310 e. The molecule has 0 saturated carbocycles. The van der Waals surface area contributed by atoms with Crippen LogP contribution < -0.4 is 4.90 Å². The van der Waals surface area contributed by atoms with Crippen LogP contribution in [0.3, 0.4) is 0 Å². The summed E-state index contributed by atoms with van der Waals surface area (Å²) in [6.45, 7) is 0. The quantitative estimate of drug-likeness (QED) is 0.158. The number of hydrogen-bond donors (Lipinski definition) is 0. The van der Waals surface area contributed by atoms with Crippen LogP contribution in [0.4, 0.5) is 17.1 Å². The van der Waals surface area contributed by atoms with Gasteiger partial charge in [0.1, 0.15) is 0 Å². The minimum absolute atomic E-state index is 1.10. The zero-order chi connectivity index (χ0) is 38.4. The molecule has 10 aromatic carbocycles. The molecule has 0 saturated heterocycles. The van der Waals surface area contributed by atoms with Gasteiger partial charge in [-0.3, -0.25) is 0 Å². The lowest BCUT2D eigenvalue weighted by atomic mass is 9.92. The van der Waals surface area contributed by atoms with Gasteiger partial charge in [0.2, 0.25) is 0 Å². The number of anilines is 3. The van der Waals surface area contributed by atoms with Crippen molar-refractivity contribution in [1.29, 1.82) is 0 Å². The van der Waals surface area contributed by atoms with Gasteiger partial charge in [-0.2, -0.15) is 0 Å². The summed E-state index contributed by atoms with van der Waals surface area (Å²) >= 11 is 0. The number of para-hydroxylation sites is 2. The van der Waals surface area contributed by atoms with Crippen LogP contribution in [0, 0.1) is 0 Å². The average Bonchev–Trinajstić information content (AvgIpc) is 3.64. The van der Waals surface area contributed by atoms with Crippen LogP contribution in [0.15, 0.2) is 231 Å². The Kier molecular flexibility index (Phi) is 8.19. The fourth-order valence-corrected chi connectivity index (χ4v) is 8.95. The maximum Gasteiger partial charge on any atom is 0.0546 e. The van der Waals surface area contributed by atoms with Gasteiger partial charge in [0.15, 0.2) is 0 Å². The maximum atomic E-state index is 2.44. The van der Waals surface area contributed by atoms with Crippen LogP contribution in [-0.2, 0) is 0 Å². The predicted molar refractivity (Wildman–Crippen MR) is 247 cm³/mol. The van der Waals surface area contributed by atoms with Crippen LogP contribution in [0.1, 0.15) is 0 Å². The Morgan fingerprint density at radius 3 is 1.41 bits per heavy atom. The highest BCUT2D eigenvalue weighted by atomic mass is 15.1. The zero-order valence-electron chi connectivity index (χ0n) is 31.8. The van der Waals surface area contributed by atoms with Crippen molar-refractivity contribution in [1.82, 2.24) is 4.57 Å². The van der Waals surface area contributed by atoms with Crippen LogP contribution in [0.2, 0.25) is 0 Å². The lowest BCUT2D eigenvalue weighted by molar-refractivity contribution is 1.18. The van der Waals surface area contributed by atoms with Gasteiger partial charge < -0.3 is 9.47 Å². The van der Waals surface area contributed by atoms with Gasteiger partial charge >= 0.3 is 0 Å². The van der Waals surface area contributed by atoms with E-state index < -0.39 is 0 Å². The van der Waals surface area contributed by atoms with E-state index in [1.54, 1.807) is 0 Å². The molecule has 0 spiro atoms. The fraction of sp³-hybridized carbons (Fsp3) is 0. The van der Waals surface area contributed by atoms with E-state index >= 15 is 0 Å². The first-order chi connectivity index (χ1) is 28.8. The van der Waals surface area contributed by atoms with Gasteiger partial charge in [-0.1, -0.05) is 182 Å². The summed E-state index contributed by atoms with van der Waals surface area (Å²) in [5.74, 6) is 0. The molecule has 0 N–H and O–H groups in total. The van der Waals surface area contributed by atoms with Crippen LogP contribution >= 0.6 is 0 Å². The van der Waals surface area contributed by atoms with E-state index in [1.807, 2.05) is 0 Å². The zero-order valence-corrected chi connectivity index (χ0v) is 31.8. The molecule has 0 amide bonds. The number of aromatic nitrogens is 1. The van der Waals surface area contributed by atoms with Crippen molar-refractivity contribution in [2.45, 2.75) is 0 Å². The number of benzene rings is 10. The summed E-state index contributed by atoms with van der Waals surface area (Å²) in [5.41, 5.74) is 14.1. The largest absolute Gasteiger partial charge is 0.310 e. The van der Waals surface area contributed by atoms with Crippen LogP contribution in [0.25, 0.3) is 82.4 Å². The van der Waals surface area contributed by atoms with Gasteiger partial charge in [0, 0.05) is 33.1 Å². The molecule has 0 atom stereocenters. The molecule has 58 heavy (non-hydrogen) atoms. The maximum absolute atomic E-state index is 2.44.